The topological polar surface area (TPSA) is 32.3 Å². The standard InChI is InChI=1S/C16H23BrN2O/c1-2-9-19-10-7-15(8-11-19)18-16(20)12-13-3-5-14(17)6-4-13/h3-6,15H,2,7-12H2,1H3,(H,18,20). The summed E-state index contributed by atoms with van der Waals surface area (Å²) in [6, 6.07) is 8.30. The summed E-state index contributed by atoms with van der Waals surface area (Å²) in [5, 5.41) is 3.17. The van der Waals surface area contributed by atoms with Crippen LogP contribution in [0.5, 0.6) is 0 Å². The molecule has 0 bridgehead atoms. The fourth-order valence-corrected chi connectivity index (χ4v) is 2.95. The number of hydrogen-bond acceptors (Lipinski definition) is 2. The molecule has 3 nitrogen and oxygen atoms in total. The molecular formula is C16H23BrN2O. The maximum Gasteiger partial charge on any atom is 0.224 e. The predicted octanol–water partition coefficient (Wildman–Crippen LogP) is 2.98. The second kappa shape index (κ2) is 7.79. The Morgan fingerprint density at radius 3 is 2.55 bits per heavy atom. The summed E-state index contributed by atoms with van der Waals surface area (Å²) in [6.07, 6.45) is 3.83. The van der Waals surface area contributed by atoms with E-state index in [0.717, 1.165) is 36.0 Å². The zero-order valence-electron chi connectivity index (χ0n) is 12.1. The molecule has 0 aromatic heterocycles. The Morgan fingerprint density at radius 2 is 1.95 bits per heavy atom. The Kier molecular flexibility index (Phi) is 6.05. The van der Waals surface area contributed by atoms with Crippen molar-refractivity contribution >= 4 is 21.8 Å². The van der Waals surface area contributed by atoms with Gasteiger partial charge in [0.05, 0.1) is 6.42 Å². The molecule has 0 atom stereocenters. The van der Waals surface area contributed by atoms with E-state index in [4.69, 9.17) is 0 Å². The minimum atomic E-state index is 0.140. The minimum Gasteiger partial charge on any atom is -0.353 e. The number of carbonyl (C=O) groups excluding carboxylic acids is 1. The molecule has 1 heterocycles. The van der Waals surface area contributed by atoms with Gasteiger partial charge in [0, 0.05) is 23.6 Å². The van der Waals surface area contributed by atoms with Crippen molar-refractivity contribution in [2.75, 3.05) is 19.6 Å². The molecule has 1 amide bonds. The van der Waals surface area contributed by atoms with Crippen molar-refractivity contribution < 1.29 is 4.79 Å². The van der Waals surface area contributed by atoms with Gasteiger partial charge in [0.2, 0.25) is 5.91 Å². The van der Waals surface area contributed by atoms with Crippen molar-refractivity contribution in [2.24, 2.45) is 0 Å². The van der Waals surface area contributed by atoms with Crippen molar-refractivity contribution in [3.05, 3.63) is 34.3 Å². The van der Waals surface area contributed by atoms with E-state index in [1.807, 2.05) is 24.3 Å². The van der Waals surface area contributed by atoms with Crippen LogP contribution in [0.25, 0.3) is 0 Å². The van der Waals surface area contributed by atoms with Gasteiger partial charge in [0.1, 0.15) is 0 Å². The third-order valence-corrected chi connectivity index (χ3v) is 4.30. The van der Waals surface area contributed by atoms with Gasteiger partial charge in [0.15, 0.2) is 0 Å². The second-order valence-corrected chi connectivity index (χ2v) is 6.40. The molecular weight excluding hydrogens is 316 g/mol. The molecule has 1 aliphatic heterocycles. The number of hydrogen-bond donors (Lipinski definition) is 1. The van der Waals surface area contributed by atoms with Crippen molar-refractivity contribution in [3.8, 4) is 0 Å². The fraction of sp³-hybridized carbons (Fsp3) is 0.562. The Bertz CT molecular complexity index is 425. The van der Waals surface area contributed by atoms with Crippen molar-refractivity contribution in [1.29, 1.82) is 0 Å². The molecule has 1 N–H and O–H groups in total. The monoisotopic (exact) mass is 338 g/mol. The zero-order chi connectivity index (χ0) is 14.4. The Labute approximate surface area is 129 Å². The smallest absolute Gasteiger partial charge is 0.224 e. The fourth-order valence-electron chi connectivity index (χ4n) is 2.68. The number of amides is 1. The van der Waals surface area contributed by atoms with Gasteiger partial charge in [-0.15, -0.1) is 0 Å². The lowest BCUT2D eigenvalue weighted by atomic mass is 10.0. The maximum absolute atomic E-state index is 12.0. The first kappa shape index (κ1) is 15.5. The first-order valence-electron chi connectivity index (χ1n) is 7.43. The summed E-state index contributed by atoms with van der Waals surface area (Å²) in [5.41, 5.74) is 1.06. The number of nitrogens with zero attached hydrogens (tertiary/aromatic N) is 1. The van der Waals surface area contributed by atoms with Crippen LogP contribution in [0, 0.1) is 0 Å². The van der Waals surface area contributed by atoms with Crippen LogP contribution in [0.15, 0.2) is 28.7 Å². The largest absolute Gasteiger partial charge is 0.353 e. The molecule has 1 saturated heterocycles. The number of halogens is 1. The molecule has 1 aromatic rings. The van der Waals surface area contributed by atoms with Crippen LogP contribution in [-0.4, -0.2) is 36.5 Å². The predicted molar refractivity (Wildman–Crippen MR) is 85.7 cm³/mol. The molecule has 20 heavy (non-hydrogen) atoms. The van der Waals surface area contributed by atoms with E-state index in [-0.39, 0.29) is 5.91 Å². The Morgan fingerprint density at radius 1 is 1.30 bits per heavy atom. The van der Waals surface area contributed by atoms with E-state index < -0.39 is 0 Å². The molecule has 0 spiro atoms. The van der Waals surface area contributed by atoms with Gasteiger partial charge in [-0.25, -0.2) is 0 Å². The number of benzene rings is 1. The molecule has 0 unspecified atom stereocenters. The molecule has 1 aromatic carbocycles. The zero-order valence-corrected chi connectivity index (χ0v) is 13.7. The summed E-state index contributed by atoms with van der Waals surface area (Å²) in [4.78, 5) is 14.5. The van der Waals surface area contributed by atoms with Crippen molar-refractivity contribution in [1.82, 2.24) is 10.2 Å². The van der Waals surface area contributed by atoms with E-state index in [1.165, 1.54) is 13.0 Å². The van der Waals surface area contributed by atoms with E-state index >= 15 is 0 Å². The van der Waals surface area contributed by atoms with Crippen LogP contribution >= 0.6 is 15.9 Å². The van der Waals surface area contributed by atoms with Crippen LogP contribution in [0.4, 0.5) is 0 Å². The van der Waals surface area contributed by atoms with Gasteiger partial charge < -0.3 is 10.2 Å². The van der Waals surface area contributed by atoms with Gasteiger partial charge in [-0.2, -0.15) is 0 Å². The average molecular weight is 339 g/mol. The summed E-state index contributed by atoms with van der Waals surface area (Å²) in [7, 11) is 0. The number of nitrogens with one attached hydrogen (secondary N) is 1. The van der Waals surface area contributed by atoms with Crippen LogP contribution in [0.1, 0.15) is 31.7 Å². The third-order valence-electron chi connectivity index (χ3n) is 3.77. The highest BCUT2D eigenvalue weighted by molar-refractivity contribution is 9.10. The minimum absolute atomic E-state index is 0.140. The van der Waals surface area contributed by atoms with Crippen LogP contribution < -0.4 is 5.32 Å². The molecule has 0 saturated carbocycles. The van der Waals surface area contributed by atoms with Crippen LogP contribution in [-0.2, 0) is 11.2 Å². The lowest BCUT2D eigenvalue weighted by Gasteiger charge is -2.32. The van der Waals surface area contributed by atoms with Crippen LogP contribution in [0.2, 0.25) is 0 Å². The number of rotatable bonds is 5. The van der Waals surface area contributed by atoms with E-state index in [9.17, 15) is 4.79 Å². The van der Waals surface area contributed by atoms with Gasteiger partial charge in [-0.05, 0) is 43.5 Å². The van der Waals surface area contributed by atoms with E-state index in [2.05, 4.69) is 33.1 Å². The summed E-state index contributed by atoms with van der Waals surface area (Å²) in [6.45, 7) is 5.61. The van der Waals surface area contributed by atoms with E-state index in [1.54, 1.807) is 0 Å². The van der Waals surface area contributed by atoms with Crippen LogP contribution in [0.3, 0.4) is 0 Å². The molecule has 4 heteroatoms. The molecule has 0 radical (unpaired) electrons. The quantitative estimate of drug-likeness (QED) is 0.895. The number of likely N-dealkylation sites (tertiary alicyclic amines) is 1. The Balaban J connectivity index is 1.74. The molecule has 2 rings (SSSR count). The highest BCUT2D eigenvalue weighted by atomic mass is 79.9. The molecule has 110 valence electrons. The lowest BCUT2D eigenvalue weighted by Crippen LogP contribution is -2.45. The molecule has 1 fully saturated rings. The van der Waals surface area contributed by atoms with E-state index in [0.29, 0.717) is 12.5 Å². The maximum atomic E-state index is 12.0. The van der Waals surface area contributed by atoms with Gasteiger partial charge >= 0.3 is 0 Å². The third kappa shape index (κ3) is 4.91. The number of piperidine rings is 1. The highest BCUT2D eigenvalue weighted by Crippen LogP contribution is 2.13. The second-order valence-electron chi connectivity index (χ2n) is 5.49. The normalized spacial score (nSPS) is 17.1. The average Bonchev–Trinajstić information content (AvgIpc) is 2.44. The first-order valence-corrected chi connectivity index (χ1v) is 8.23. The van der Waals surface area contributed by atoms with Crippen molar-refractivity contribution in [3.63, 3.8) is 0 Å². The summed E-state index contributed by atoms with van der Waals surface area (Å²) >= 11 is 3.40. The summed E-state index contributed by atoms with van der Waals surface area (Å²) < 4.78 is 1.05. The van der Waals surface area contributed by atoms with Crippen molar-refractivity contribution in [2.45, 2.75) is 38.6 Å². The Hall–Kier alpha value is -0.870. The first-order chi connectivity index (χ1) is 9.67. The molecule has 1 aliphatic rings. The van der Waals surface area contributed by atoms with Gasteiger partial charge in [-0.3, -0.25) is 4.79 Å². The lowest BCUT2D eigenvalue weighted by molar-refractivity contribution is -0.121. The van der Waals surface area contributed by atoms with Gasteiger partial charge in [0.25, 0.3) is 0 Å². The molecule has 0 aliphatic carbocycles. The highest BCUT2D eigenvalue weighted by Gasteiger charge is 2.19. The number of carbonyl (C=O) groups is 1. The summed E-state index contributed by atoms with van der Waals surface area (Å²) in [5.74, 6) is 0.140. The van der Waals surface area contributed by atoms with Gasteiger partial charge in [-0.1, -0.05) is 35.0 Å². The SMILES string of the molecule is CCCN1CCC(NC(=O)Cc2ccc(Br)cc2)CC1.